The number of halogens is 1. The molecular formula is C11H12ClN3O2S. The van der Waals surface area contributed by atoms with Gasteiger partial charge in [0.25, 0.3) is 5.56 Å². The Labute approximate surface area is 111 Å². The molecule has 0 aliphatic rings. The molecule has 0 aromatic carbocycles. The summed E-state index contributed by atoms with van der Waals surface area (Å²) in [7, 11) is -1.29. The third kappa shape index (κ3) is 2.18. The Morgan fingerprint density at radius 3 is 2.67 bits per heavy atom. The van der Waals surface area contributed by atoms with Crippen molar-refractivity contribution in [1.29, 1.82) is 0 Å². The van der Waals surface area contributed by atoms with E-state index in [2.05, 4.69) is 9.97 Å². The minimum atomic E-state index is -1.29. The van der Waals surface area contributed by atoms with E-state index >= 15 is 0 Å². The van der Waals surface area contributed by atoms with Crippen molar-refractivity contribution in [3.05, 3.63) is 27.6 Å². The van der Waals surface area contributed by atoms with Gasteiger partial charge in [-0.1, -0.05) is 11.6 Å². The molecule has 2 heterocycles. The van der Waals surface area contributed by atoms with Gasteiger partial charge in [0.1, 0.15) is 10.7 Å². The maximum Gasteiger partial charge on any atom is 0.271 e. The third-order valence-electron chi connectivity index (χ3n) is 2.48. The minimum absolute atomic E-state index is 0.0910. The van der Waals surface area contributed by atoms with Gasteiger partial charge in [-0.2, -0.15) is 0 Å². The standard InChI is InChI=1S/C11H12ClN3O2S/c1-6(2)15-9-7(4-8(12)10(15)16)5-13-11(14-9)18(3)17/h4-6H,1-3H3. The maximum absolute atomic E-state index is 12.0. The lowest BCUT2D eigenvalue weighted by Gasteiger charge is -2.13. The average Bonchev–Trinajstić information content (AvgIpc) is 2.29. The number of hydrogen-bond donors (Lipinski definition) is 0. The van der Waals surface area contributed by atoms with Gasteiger partial charge in [0.05, 0.1) is 10.8 Å². The first kappa shape index (κ1) is 13.2. The van der Waals surface area contributed by atoms with Crippen LogP contribution in [0.1, 0.15) is 19.9 Å². The van der Waals surface area contributed by atoms with E-state index in [1.807, 2.05) is 13.8 Å². The highest BCUT2D eigenvalue weighted by molar-refractivity contribution is 7.84. The van der Waals surface area contributed by atoms with Crippen LogP contribution < -0.4 is 5.56 Å². The number of rotatable bonds is 2. The predicted octanol–water partition coefficient (Wildman–Crippen LogP) is 1.76. The monoisotopic (exact) mass is 285 g/mol. The van der Waals surface area contributed by atoms with Crippen LogP contribution in [0.3, 0.4) is 0 Å². The number of nitrogens with zero attached hydrogens (tertiary/aromatic N) is 3. The first-order valence-electron chi connectivity index (χ1n) is 5.33. The first-order valence-corrected chi connectivity index (χ1v) is 7.26. The van der Waals surface area contributed by atoms with E-state index < -0.39 is 10.8 Å². The predicted molar refractivity (Wildman–Crippen MR) is 71.5 cm³/mol. The fourth-order valence-corrected chi connectivity index (χ4v) is 2.31. The highest BCUT2D eigenvalue weighted by Gasteiger charge is 2.13. The molecule has 5 nitrogen and oxygen atoms in total. The van der Waals surface area contributed by atoms with Crippen LogP contribution in [0.4, 0.5) is 0 Å². The average molecular weight is 286 g/mol. The van der Waals surface area contributed by atoms with Gasteiger partial charge in [0, 0.05) is 23.9 Å². The van der Waals surface area contributed by atoms with Gasteiger partial charge in [-0.25, -0.2) is 9.97 Å². The Balaban J connectivity index is 2.91. The van der Waals surface area contributed by atoms with Gasteiger partial charge in [-0.15, -0.1) is 0 Å². The second-order valence-corrected chi connectivity index (χ2v) is 5.83. The van der Waals surface area contributed by atoms with Crippen LogP contribution in [0.15, 0.2) is 22.2 Å². The highest BCUT2D eigenvalue weighted by atomic mass is 35.5. The van der Waals surface area contributed by atoms with Crippen LogP contribution in [0, 0.1) is 0 Å². The van der Waals surface area contributed by atoms with Gasteiger partial charge in [0.2, 0.25) is 5.16 Å². The molecule has 0 saturated carbocycles. The van der Waals surface area contributed by atoms with Crippen molar-refractivity contribution in [2.45, 2.75) is 25.0 Å². The third-order valence-corrected chi connectivity index (χ3v) is 3.46. The fraction of sp³-hybridized carbons (Fsp3) is 0.364. The van der Waals surface area contributed by atoms with Crippen molar-refractivity contribution < 1.29 is 4.21 Å². The summed E-state index contributed by atoms with van der Waals surface area (Å²) in [6.07, 6.45) is 3.03. The van der Waals surface area contributed by atoms with Gasteiger partial charge in [0.15, 0.2) is 0 Å². The molecule has 0 radical (unpaired) electrons. The molecule has 2 aromatic rings. The Morgan fingerprint density at radius 1 is 1.44 bits per heavy atom. The summed E-state index contributed by atoms with van der Waals surface area (Å²) in [5.41, 5.74) is 0.158. The number of fused-ring (bicyclic) bond motifs is 1. The topological polar surface area (TPSA) is 64.8 Å². The molecule has 0 saturated heterocycles. The van der Waals surface area contributed by atoms with E-state index in [0.29, 0.717) is 11.0 Å². The van der Waals surface area contributed by atoms with Crippen molar-refractivity contribution in [3.63, 3.8) is 0 Å². The molecule has 1 unspecified atom stereocenters. The van der Waals surface area contributed by atoms with Crippen LogP contribution in [-0.2, 0) is 10.8 Å². The zero-order valence-corrected chi connectivity index (χ0v) is 11.7. The Hall–Kier alpha value is -1.27. The van der Waals surface area contributed by atoms with Crippen LogP contribution in [0.25, 0.3) is 11.0 Å². The van der Waals surface area contributed by atoms with Crippen molar-refractivity contribution in [2.75, 3.05) is 6.26 Å². The van der Waals surface area contributed by atoms with Crippen molar-refractivity contribution in [1.82, 2.24) is 14.5 Å². The summed E-state index contributed by atoms with van der Waals surface area (Å²) in [5, 5.41) is 0.992. The fourth-order valence-electron chi connectivity index (χ4n) is 1.69. The summed E-state index contributed by atoms with van der Waals surface area (Å²) >= 11 is 5.89. The molecule has 0 aliphatic carbocycles. The lowest BCUT2D eigenvalue weighted by molar-refractivity contribution is 0.592. The summed E-state index contributed by atoms with van der Waals surface area (Å²) in [6.45, 7) is 3.73. The van der Waals surface area contributed by atoms with E-state index in [-0.39, 0.29) is 21.8 Å². The molecule has 1 atom stereocenters. The van der Waals surface area contributed by atoms with E-state index in [0.717, 1.165) is 0 Å². The molecule has 0 N–H and O–H groups in total. The maximum atomic E-state index is 12.0. The number of aromatic nitrogens is 3. The van der Waals surface area contributed by atoms with E-state index in [9.17, 15) is 9.00 Å². The molecule has 0 amide bonds. The molecule has 18 heavy (non-hydrogen) atoms. The summed E-state index contributed by atoms with van der Waals surface area (Å²) in [4.78, 5) is 20.2. The molecule has 2 aromatic heterocycles. The lowest BCUT2D eigenvalue weighted by atomic mass is 10.3. The molecule has 0 fully saturated rings. The van der Waals surface area contributed by atoms with Gasteiger partial charge in [-0.3, -0.25) is 13.6 Å². The Bertz CT molecular complexity index is 696. The Kier molecular flexibility index (Phi) is 3.49. The van der Waals surface area contributed by atoms with Crippen LogP contribution in [-0.4, -0.2) is 25.0 Å². The lowest BCUT2D eigenvalue weighted by Crippen LogP contribution is -2.23. The first-order chi connectivity index (χ1) is 8.41. The summed E-state index contributed by atoms with van der Waals surface area (Å²) < 4.78 is 12.9. The molecule has 7 heteroatoms. The second-order valence-electron chi connectivity index (χ2n) is 4.15. The van der Waals surface area contributed by atoms with Gasteiger partial charge in [-0.05, 0) is 19.9 Å². The van der Waals surface area contributed by atoms with Crippen LogP contribution >= 0.6 is 11.6 Å². The largest absolute Gasteiger partial charge is 0.289 e. The molecule has 96 valence electrons. The molecular weight excluding hydrogens is 274 g/mol. The molecule has 0 spiro atoms. The summed E-state index contributed by atoms with van der Waals surface area (Å²) in [6, 6.07) is 1.44. The van der Waals surface area contributed by atoms with Crippen molar-refractivity contribution in [2.24, 2.45) is 0 Å². The number of pyridine rings is 1. The van der Waals surface area contributed by atoms with E-state index in [4.69, 9.17) is 11.6 Å². The summed E-state index contributed by atoms with van der Waals surface area (Å²) in [5.74, 6) is 0. The molecule has 2 rings (SSSR count). The minimum Gasteiger partial charge on any atom is -0.289 e. The zero-order valence-electron chi connectivity index (χ0n) is 10.2. The molecule has 0 bridgehead atoms. The van der Waals surface area contributed by atoms with E-state index in [1.165, 1.54) is 23.1 Å². The smallest absolute Gasteiger partial charge is 0.271 e. The molecule has 0 aliphatic heterocycles. The SMILES string of the molecule is CC(C)n1c(=O)c(Cl)cc2cnc(S(C)=O)nc21. The van der Waals surface area contributed by atoms with Crippen LogP contribution in [0.2, 0.25) is 5.02 Å². The Morgan fingerprint density at radius 2 is 2.11 bits per heavy atom. The second kappa shape index (κ2) is 4.78. The van der Waals surface area contributed by atoms with Crippen LogP contribution in [0.5, 0.6) is 0 Å². The van der Waals surface area contributed by atoms with Crippen molar-refractivity contribution in [3.8, 4) is 0 Å². The van der Waals surface area contributed by atoms with Crippen molar-refractivity contribution >= 4 is 33.4 Å². The van der Waals surface area contributed by atoms with Gasteiger partial charge >= 0.3 is 0 Å². The number of hydrogen-bond acceptors (Lipinski definition) is 4. The normalized spacial score (nSPS) is 13.2. The highest BCUT2D eigenvalue weighted by Crippen LogP contribution is 2.17. The van der Waals surface area contributed by atoms with Gasteiger partial charge < -0.3 is 0 Å². The van der Waals surface area contributed by atoms with E-state index in [1.54, 1.807) is 0 Å². The quantitative estimate of drug-likeness (QED) is 0.789. The zero-order chi connectivity index (χ0) is 13.4.